The standard InChI is InChI=1S/C14H24N4O2/c1-3-4-15-13-7-11(2)16-14(17-13)8-18-5-6-20-10-12(18)9-19/h7,12,19H,3-6,8-10H2,1-2H3,(H,15,16,17). The van der Waals surface area contributed by atoms with Gasteiger partial charge in [0, 0.05) is 24.8 Å². The maximum absolute atomic E-state index is 9.39. The summed E-state index contributed by atoms with van der Waals surface area (Å²) in [5.41, 5.74) is 0.961. The molecule has 0 saturated carbocycles. The van der Waals surface area contributed by atoms with Crippen LogP contribution in [0, 0.1) is 6.92 Å². The Morgan fingerprint density at radius 1 is 1.50 bits per heavy atom. The van der Waals surface area contributed by atoms with Crippen molar-refractivity contribution in [2.24, 2.45) is 0 Å². The van der Waals surface area contributed by atoms with Gasteiger partial charge in [0.15, 0.2) is 0 Å². The highest BCUT2D eigenvalue weighted by molar-refractivity contribution is 5.35. The third-order valence-corrected chi connectivity index (χ3v) is 3.36. The van der Waals surface area contributed by atoms with Crippen molar-refractivity contribution < 1.29 is 9.84 Å². The molecule has 2 rings (SSSR count). The highest BCUT2D eigenvalue weighted by Gasteiger charge is 2.23. The van der Waals surface area contributed by atoms with E-state index in [0.29, 0.717) is 19.8 Å². The van der Waals surface area contributed by atoms with E-state index >= 15 is 0 Å². The number of aryl methyl sites for hydroxylation is 1. The summed E-state index contributed by atoms with van der Waals surface area (Å²) in [5, 5.41) is 12.7. The zero-order chi connectivity index (χ0) is 14.4. The Balaban J connectivity index is 2.05. The predicted molar refractivity (Wildman–Crippen MR) is 77.7 cm³/mol. The largest absolute Gasteiger partial charge is 0.395 e. The molecule has 1 aromatic rings. The van der Waals surface area contributed by atoms with E-state index in [1.807, 2.05) is 13.0 Å². The van der Waals surface area contributed by atoms with Gasteiger partial charge >= 0.3 is 0 Å². The molecule has 6 nitrogen and oxygen atoms in total. The lowest BCUT2D eigenvalue weighted by atomic mass is 10.2. The summed E-state index contributed by atoms with van der Waals surface area (Å²) in [5.74, 6) is 1.67. The third-order valence-electron chi connectivity index (χ3n) is 3.36. The molecule has 0 radical (unpaired) electrons. The lowest BCUT2D eigenvalue weighted by molar-refractivity contribution is -0.0322. The van der Waals surface area contributed by atoms with E-state index in [0.717, 1.165) is 36.8 Å². The van der Waals surface area contributed by atoms with Crippen LogP contribution in [0.2, 0.25) is 0 Å². The first kappa shape index (κ1) is 15.2. The fourth-order valence-electron chi connectivity index (χ4n) is 2.29. The van der Waals surface area contributed by atoms with Crippen LogP contribution in [0.25, 0.3) is 0 Å². The number of aromatic nitrogens is 2. The highest BCUT2D eigenvalue weighted by atomic mass is 16.5. The third kappa shape index (κ3) is 4.13. The van der Waals surface area contributed by atoms with E-state index in [4.69, 9.17) is 4.74 Å². The molecule has 0 bridgehead atoms. The van der Waals surface area contributed by atoms with Gasteiger partial charge < -0.3 is 15.2 Å². The maximum atomic E-state index is 9.39. The van der Waals surface area contributed by atoms with Gasteiger partial charge in [-0.15, -0.1) is 0 Å². The van der Waals surface area contributed by atoms with Crippen LogP contribution >= 0.6 is 0 Å². The lowest BCUT2D eigenvalue weighted by Crippen LogP contribution is -2.47. The van der Waals surface area contributed by atoms with Crippen LogP contribution in [0.4, 0.5) is 5.82 Å². The van der Waals surface area contributed by atoms with Crippen LogP contribution in [-0.4, -0.2) is 58.9 Å². The monoisotopic (exact) mass is 280 g/mol. The van der Waals surface area contributed by atoms with E-state index in [1.54, 1.807) is 0 Å². The summed E-state index contributed by atoms with van der Waals surface area (Å²) < 4.78 is 5.39. The molecule has 2 heterocycles. The Morgan fingerprint density at radius 3 is 3.10 bits per heavy atom. The quantitative estimate of drug-likeness (QED) is 0.803. The average Bonchev–Trinajstić information content (AvgIpc) is 2.45. The number of aliphatic hydroxyl groups is 1. The topological polar surface area (TPSA) is 70.5 Å². The Morgan fingerprint density at radius 2 is 2.35 bits per heavy atom. The number of ether oxygens (including phenoxy) is 1. The molecule has 2 N–H and O–H groups in total. The number of hydrogen-bond donors (Lipinski definition) is 2. The molecule has 0 spiro atoms. The van der Waals surface area contributed by atoms with E-state index in [2.05, 4.69) is 27.1 Å². The second-order valence-electron chi connectivity index (χ2n) is 5.12. The summed E-state index contributed by atoms with van der Waals surface area (Å²) in [6.07, 6.45) is 1.06. The fraction of sp³-hybridized carbons (Fsp3) is 0.714. The first-order valence-corrected chi connectivity index (χ1v) is 7.24. The number of morpholine rings is 1. The van der Waals surface area contributed by atoms with Crippen LogP contribution in [0.1, 0.15) is 24.9 Å². The Hall–Kier alpha value is -1.24. The molecule has 1 aromatic heterocycles. The Bertz CT molecular complexity index is 428. The van der Waals surface area contributed by atoms with E-state index < -0.39 is 0 Å². The molecular formula is C14H24N4O2. The van der Waals surface area contributed by atoms with Crippen molar-refractivity contribution in [1.82, 2.24) is 14.9 Å². The van der Waals surface area contributed by atoms with Gasteiger partial charge in [-0.25, -0.2) is 9.97 Å². The van der Waals surface area contributed by atoms with Gasteiger partial charge in [0.05, 0.1) is 32.4 Å². The molecule has 1 saturated heterocycles. The zero-order valence-corrected chi connectivity index (χ0v) is 12.3. The van der Waals surface area contributed by atoms with Crippen LogP contribution in [-0.2, 0) is 11.3 Å². The molecule has 0 aromatic carbocycles. The van der Waals surface area contributed by atoms with Crippen LogP contribution in [0.3, 0.4) is 0 Å². The second kappa shape index (κ2) is 7.52. The fourth-order valence-corrected chi connectivity index (χ4v) is 2.29. The highest BCUT2D eigenvalue weighted by Crippen LogP contribution is 2.12. The average molecular weight is 280 g/mol. The minimum atomic E-state index is 0.0416. The van der Waals surface area contributed by atoms with Gasteiger partial charge in [0.1, 0.15) is 11.6 Å². The molecular weight excluding hydrogens is 256 g/mol. The minimum Gasteiger partial charge on any atom is -0.395 e. The molecule has 1 unspecified atom stereocenters. The Labute approximate surface area is 120 Å². The normalized spacial score (nSPS) is 20.1. The van der Waals surface area contributed by atoms with Gasteiger partial charge in [-0.2, -0.15) is 0 Å². The van der Waals surface area contributed by atoms with E-state index in [1.165, 1.54) is 0 Å². The van der Waals surface area contributed by atoms with Crippen LogP contribution in [0.15, 0.2) is 6.07 Å². The molecule has 1 aliphatic rings. The van der Waals surface area contributed by atoms with E-state index in [9.17, 15) is 5.11 Å². The van der Waals surface area contributed by atoms with Gasteiger partial charge in [-0.05, 0) is 13.3 Å². The van der Waals surface area contributed by atoms with Gasteiger partial charge in [0.2, 0.25) is 0 Å². The van der Waals surface area contributed by atoms with Crippen LogP contribution < -0.4 is 5.32 Å². The SMILES string of the molecule is CCCNc1cc(C)nc(CN2CCOCC2CO)n1. The first-order valence-electron chi connectivity index (χ1n) is 7.24. The summed E-state index contributed by atoms with van der Waals surface area (Å²) in [6.45, 7) is 7.84. The van der Waals surface area contributed by atoms with Crippen molar-refractivity contribution >= 4 is 5.82 Å². The molecule has 0 amide bonds. The van der Waals surface area contributed by atoms with Crippen molar-refractivity contribution in [2.45, 2.75) is 32.9 Å². The van der Waals surface area contributed by atoms with Gasteiger partial charge in [-0.3, -0.25) is 4.90 Å². The lowest BCUT2D eigenvalue weighted by Gasteiger charge is -2.33. The Kier molecular flexibility index (Phi) is 5.70. The van der Waals surface area contributed by atoms with Crippen molar-refractivity contribution in [3.05, 3.63) is 17.6 Å². The summed E-state index contributed by atoms with van der Waals surface area (Å²) >= 11 is 0. The number of aliphatic hydroxyl groups excluding tert-OH is 1. The molecule has 112 valence electrons. The van der Waals surface area contributed by atoms with Gasteiger partial charge in [0.25, 0.3) is 0 Å². The molecule has 6 heteroatoms. The number of rotatable bonds is 6. The van der Waals surface area contributed by atoms with E-state index in [-0.39, 0.29) is 12.6 Å². The number of hydrogen-bond acceptors (Lipinski definition) is 6. The van der Waals surface area contributed by atoms with Crippen molar-refractivity contribution in [3.8, 4) is 0 Å². The summed E-state index contributed by atoms with van der Waals surface area (Å²) in [7, 11) is 0. The van der Waals surface area contributed by atoms with Crippen LogP contribution in [0.5, 0.6) is 0 Å². The van der Waals surface area contributed by atoms with Crippen molar-refractivity contribution in [2.75, 3.05) is 38.2 Å². The van der Waals surface area contributed by atoms with Gasteiger partial charge in [-0.1, -0.05) is 6.92 Å². The summed E-state index contributed by atoms with van der Waals surface area (Å²) in [4.78, 5) is 11.2. The molecule has 0 aliphatic carbocycles. The smallest absolute Gasteiger partial charge is 0.144 e. The minimum absolute atomic E-state index is 0.0416. The molecule has 1 aliphatic heterocycles. The number of anilines is 1. The van der Waals surface area contributed by atoms with Crippen molar-refractivity contribution in [1.29, 1.82) is 0 Å². The second-order valence-corrected chi connectivity index (χ2v) is 5.12. The zero-order valence-electron chi connectivity index (χ0n) is 12.3. The molecule has 1 atom stereocenters. The first-order chi connectivity index (χ1) is 9.72. The van der Waals surface area contributed by atoms with Crippen molar-refractivity contribution in [3.63, 3.8) is 0 Å². The maximum Gasteiger partial charge on any atom is 0.144 e. The number of nitrogens with zero attached hydrogens (tertiary/aromatic N) is 3. The summed E-state index contributed by atoms with van der Waals surface area (Å²) in [6, 6.07) is 2.00. The number of nitrogens with one attached hydrogen (secondary N) is 1. The molecule has 20 heavy (non-hydrogen) atoms. The molecule has 1 fully saturated rings. The predicted octanol–water partition coefficient (Wildman–Crippen LogP) is 0.800.